The molecule has 0 aliphatic rings. The third-order valence-corrected chi connectivity index (χ3v) is 4.04. The van der Waals surface area contributed by atoms with Gasteiger partial charge in [-0.15, -0.1) is 11.3 Å². The minimum absolute atomic E-state index is 0.104. The Morgan fingerprint density at radius 1 is 1.47 bits per heavy atom. The van der Waals surface area contributed by atoms with E-state index in [0.717, 1.165) is 4.70 Å². The van der Waals surface area contributed by atoms with Crippen molar-refractivity contribution in [1.29, 1.82) is 0 Å². The van der Waals surface area contributed by atoms with Crippen molar-refractivity contribution >= 4 is 33.0 Å². The van der Waals surface area contributed by atoms with Crippen LogP contribution in [0.4, 0.5) is 10.1 Å². The van der Waals surface area contributed by atoms with E-state index in [2.05, 4.69) is 0 Å². The van der Waals surface area contributed by atoms with E-state index in [1.165, 1.54) is 23.5 Å². The summed E-state index contributed by atoms with van der Waals surface area (Å²) in [6.07, 6.45) is 0. The van der Waals surface area contributed by atoms with E-state index in [1.54, 1.807) is 18.0 Å². The molecule has 102 valence electrons. The average molecular weight is 280 g/mol. The Hall–Kier alpha value is -1.62. The molecule has 0 aliphatic carbocycles. The number of hydrogen-bond acceptors (Lipinski definition) is 3. The Morgan fingerprint density at radius 2 is 2.16 bits per heavy atom. The van der Waals surface area contributed by atoms with Crippen molar-refractivity contribution < 1.29 is 9.18 Å². The maximum atomic E-state index is 13.2. The second kappa shape index (κ2) is 5.17. The van der Waals surface area contributed by atoms with Crippen LogP contribution in [0.15, 0.2) is 18.2 Å². The van der Waals surface area contributed by atoms with Gasteiger partial charge < -0.3 is 10.6 Å². The second-order valence-corrected chi connectivity index (χ2v) is 6.12. The minimum atomic E-state index is -0.341. The van der Waals surface area contributed by atoms with E-state index < -0.39 is 0 Å². The van der Waals surface area contributed by atoms with Crippen LogP contribution in [-0.4, -0.2) is 24.4 Å². The summed E-state index contributed by atoms with van der Waals surface area (Å²) in [5.41, 5.74) is 6.35. The molecule has 0 fully saturated rings. The molecule has 2 N–H and O–H groups in total. The first-order chi connectivity index (χ1) is 8.90. The summed E-state index contributed by atoms with van der Waals surface area (Å²) >= 11 is 1.31. The molecule has 19 heavy (non-hydrogen) atoms. The SMILES string of the molecule is CC(C)CN(C)C(=O)c1sc2ccc(F)cc2c1N. The summed E-state index contributed by atoms with van der Waals surface area (Å²) in [4.78, 5) is 14.5. The molecule has 1 heterocycles. The van der Waals surface area contributed by atoms with Crippen LogP contribution in [-0.2, 0) is 0 Å². The molecular formula is C14H17FN2OS. The highest BCUT2D eigenvalue weighted by Gasteiger charge is 2.20. The van der Waals surface area contributed by atoms with Gasteiger partial charge in [0.15, 0.2) is 0 Å². The minimum Gasteiger partial charge on any atom is -0.397 e. The number of fused-ring (bicyclic) bond motifs is 1. The van der Waals surface area contributed by atoms with Crippen LogP contribution in [0, 0.1) is 11.7 Å². The Labute approximate surface area is 115 Å². The number of halogens is 1. The van der Waals surface area contributed by atoms with Crippen LogP contribution in [0.5, 0.6) is 0 Å². The highest BCUT2D eigenvalue weighted by molar-refractivity contribution is 7.21. The lowest BCUT2D eigenvalue weighted by Crippen LogP contribution is -2.30. The van der Waals surface area contributed by atoms with Crippen LogP contribution in [0.2, 0.25) is 0 Å². The molecule has 2 rings (SSSR count). The first-order valence-corrected chi connectivity index (χ1v) is 6.94. The summed E-state index contributed by atoms with van der Waals surface area (Å²) in [5.74, 6) is -0.0543. The van der Waals surface area contributed by atoms with E-state index in [-0.39, 0.29) is 11.7 Å². The van der Waals surface area contributed by atoms with Gasteiger partial charge >= 0.3 is 0 Å². The van der Waals surface area contributed by atoms with Crippen molar-refractivity contribution in [3.05, 3.63) is 28.9 Å². The van der Waals surface area contributed by atoms with Crippen LogP contribution in [0.3, 0.4) is 0 Å². The van der Waals surface area contributed by atoms with E-state index >= 15 is 0 Å². The first kappa shape index (κ1) is 13.8. The van der Waals surface area contributed by atoms with Crippen LogP contribution in [0.25, 0.3) is 10.1 Å². The number of nitrogens with zero attached hydrogens (tertiary/aromatic N) is 1. The molecule has 0 saturated carbocycles. The molecule has 2 aromatic rings. The van der Waals surface area contributed by atoms with Gasteiger partial charge in [-0.2, -0.15) is 0 Å². The van der Waals surface area contributed by atoms with Gasteiger partial charge in [0.25, 0.3) is 5.91 Å². The highest BCUT2D eigenvalue weighted by atomic mass is 32.1. The van der Waals surface area contributed by atoms with Crippen LogP contribution in [0.1, 0.15) is 23.5 Å². The maximum absolute atomic E-state index is 13.2. The van der Waals surface area contributed by atoms with E-state index in [1.807, 2.05) is 13.8 Å². The summed E-state index contributed by atoms with van der Waals surface area (Å²) in [7, 11) is 1.76. The maximum Gasteiger partial charge on any atom is 0.265 e. The number of nitrogen functional groups attached to an aromatic ring is 1. The molecule has 0 radical (unpaired) electrons. The molecular weight excluding hydrogens is 263 g/mol. The van der Waals surface area contributed by atoms with Crippen LogP contribution >= 0.6 is 11.3 Å². The second-order valence-electron chi connectivity index (χ2n) is 5.06. The lowest BCUT2D eigenvalue weighted by atomic mass is 10.2. The van der Waals surface area contributed by atoms with Gasteiger partial charge in [0.2, 0.25) is 0 Å². The Kier molecular flexibility index (Phi) is 3.75. The fourth-order valence-corrected chi connectivity index (χ4v) is 3.15. The zero-order valence-electron chi connectivity index (χ0n) is 11.2. The highest BCUT2D eigenvalue weighted by Crippen LogP contribution is 2.34. The van der Waals surface area contributed by atoms with Gasteiger partial charge in [0.1, 0.15) is 10.7 Å². The number of carbonyl (C=O) groups excluding carboxylic acids is 1. The van der Waals surface area contributed by atoms with Gasteiger partial charge in [0, 0.05) is 23.7 Å². The molecule has 1 amide bonds. The third kappa shape index (κ3) is 2.71. The van der Waals surface area contributed by atoms with Gasteiger partial charge in [-0.3, -0.25) is 4.79 Å². The van der Waals surface area contributed by atoms with Gasteiger partial charge in [0.05, 0.1) is 5.69 Å². The summed E-state index contributed by atoms with van der Waals surface area (Å²) in [6.45, 7) is 4.77. The average Bonchev–Trinajstić information content (AvgIpc) is 2.65. The Bertz CT molecular complexity index is 621. The zero-order valence-corrected chi connectivity index (χ0v) is 12.1. The molecule has 0 spiro atoms. The quantitative estimate of drug-likeness (QED) is 0.937. The van der Waals surface area contributed by atoms with Crippen molar-refractivity contribution in [3.8, 4) is 0 Å². The molecule has 1 aromatic carbocycles. The fourth-order valence-electron chi connectivity index (χ4n) is 2.05. The largest absolute Gasteiger partial charge is 0.397 e. The zero-order chi connectivity index (χ0) is 14.2. The molecule has 0 unspecified atom stereocenters. The molecule has 0 saturated heterocycles. The normalized spacial score (nSPS) is 11.2. The number of rotatable bonds is 3. The number of thiophene rings is 1. The molecule has 0 bridgehead atoms. The van der Waals surface area contributed by atoms with Crippen molar-refractivity contribution in [1.82, 2.24) is 4.90 Å². The third-order valence-electron chi connectivity index (χ3n) is 2.87. The molecule has 5 heteroatoms. The molecule has 0 atom stereocenters. The Morgan fingerprint density at radius 3 is 2.79 bits per heavy atom. The van der Waals surface area contributed by atoms with Crippen LogP contribution < -0.4 is 5.73 Å². The number of amides is 1. The van der Waals surface area contributed by atoms with Gasteiger partial charge in [-0.05, 0) is 24.1 Å². The molecule has 3 nitrogen and oxygen atoms in total. The standard InChI is InChI=1S/C14H17FN2OS/c1-8(2)7-17(3)14(18)13-12(16)10-6-9(15)4-5-11(10)19-13/h4-6,8H,7,16H2,1-3H3. The molecule has 1 aromatic heterocycles. The van der Waals surface area contributed by atoms with Crippen molar-refractivity contribution in [3.63, 3.8) is 0 Å². The number of carbonyl (C=O) groups is 1. The number of benzene rings is 1. The Balaban J connectivity index is 2.40. The predicted molar refractivity (Wildman–Crippen MR) is 78.0 cm³/mol. The smallest absolute Gasteiger partial charge is 0.265 e. The number of nitrogens with two attached hydrogens (primary N) is 1. The van der Waals surface area contributed by atoms with Crippen molar-refractivity contribution in [2.45, 2.75) is 13.8 Å². The first-order valence-electron chi connectivity index (χ1n) is 6.13. The van der Waals surface area contributed by atoms with E-state index in [4.69, 9.17) is 5.73 Å². The van der Waals surface area contributed by atoms with E-state index in [0.29, 0.717) is 28.4 Å². The predicted octanol–water partition coefficient (Wildman–Crippen LogP) is 3.35. The number of hydrogen-bond donors (Lipinski definition) is 1. The lowest BCUT2D eigenvalue weighted by Gasteiger charge is -2.18. The summed E-state index contributed by atoms with van der Waals surface area (Å²) in [5, 5.41) is 0.617. The topological polar surface area (TPSA) is 46.3 Å². The monoisotopic (exact) mass is 280 g/mol. The summed E-state index contributed by atoms with van der Waals surface area (Å²) < 4.78 is 14.0. The van der Waals surface area contributed by atoms with Crippen molar-refractivity contribution in [2.24, 2.45) is 5.92 Å². The summed E-state index contributed by atoms with van der Waals surface area (Å²) in [6, 6.07) is 4.41. The fraction of sp³-hybridized carbons (Fsp3) is 0.357. The molecule has 0 aliphatic heterocycles. The number of anilines is 1. The van der Waals surface area contributed by atoms with E-state index in [9.17, 15) is 9.18 Å². The lowest BCUT2D eigenvalue weighted by molar-refractivity contribution is 0.0785. The van der Waals surface area contributed by atoms with Gasteiger partial charge in [-0.25, -0.2) is 4.39 Å². The van der Waals surface area contributed by atoms with Gasteiger partial charge in [-0.1, -0.05) is 13.8 Å². The van der Waals surface area contributed by atoms with Crippen molar-refractivity contribution in [2.75, 3.05) is 19.3 Å².